The molecule has 0 spiro atoms. The second kappa shape index (κ2) is 17.1. The Morgan fingerprint density at radius 3 is 1.66 bits per heavy atom. The minimum atomic E-state index is -0.817. The number of nitrogens with zero attached hydrogens (tertiary/aromatic N) is 3. The molecule has 2 aromatic carbocycles. The monoisotopic (exact) mass is 749 g/mol. The maximum absolute atomic E-state index is 13.4. The number of hydrogen-bond acceptors (Lipinski definition) is 10. The normalized spacial score (nSPS) is 18.1. The van der Waals surface area contributed by atoms with E-state index in [4.69, 9.17) is 4.98 Å². The molecule has 2 saturated heterocycles. The Labute approximate surface area is 312 Å². The van der Waals surface area contributed by atoms with Crippen molar-refractivity contribution in [1.82, 2.24) is 25.4 Å². The van der Waals surface area contributed by atoms with E-state index in [9.17, 15) is 28.8 Å². The molecule has 4 N–H and O–H groups in total. The second-order valence-corrected chi connectivity index (χ2v) is 14.9. The molecular formula is C37H47N7O8S. The first kappa shape index (κ1) is 39.0. The predicted octanol–water partition coefficient (Wildman–Crippen LogP) is 4.58. The Kier molecular flexibility index (Phi) is 12.5. The van der Waals surface area contributed by atoms with E-state index in [0.717, 1.165) is 20.8 Å². The number of ether oxygens (including phenoxy) is 2. The summed E-state index contributed by atoms with van der Waals surface area (Å²) in [7, 11) is 2.47. The first-order chi connectivity index (χ1) is 25.3. The lowest BCUT2D eigenvalue weighted by Crippen LogP contribution is -2.54. The van der Waals surface area contributed by atoms with Crippen LogP contribution in [0.3, 0.4) is 0 Å². The van der Waals surface area contributed by atoms with Gasteiger partial charge in [0.1, 0.15) is 29.2 Å². The van der Waals surface area contributed by atoms with Crippen LogP contribution in [-0.2, 0) is 28.7 Å². The lowest BCUT2D eigenvalue weighted by atomic mass is 10.0. The highest BCUT2D eigenvalue weighted by Crippen LogP contribution is 2.33. The van der Waals surface area contributed by atoms with Crippen LogP contribution in [0.2, 0.25) is 0 Å². The summed E-state index contributed by atoms with van der Waals surface area (Å²) in [6.07, 6.45) is 0.950. The lowest BCUT2D eigenvalue weighted by Gasteiger charge is -2.30. The molecule has 2 aliphatic heterocycles. The van der Waals surface area contributed by atoms with Crippen molar-refractivity contribution in [3.05, 3.63) is 42.5 Å². The van der Waals surface area contributed by atoms with Crippen molar-refractivity contribution in [3.8, 4) is 10.6 Å². The Balaban J connectivity index is 1.22. The highest BCUT2D eigenvalue weighted by Gasteiger charge is 2.40. The number of aromatic nitrogens is 1. The molecule has 4 atom stereocenters. The highest BCUT2D eigenvalue weighted by atomic mass is 32.1. The molecular weight excluding hydrogens is 703 g/mol. The average molecular weight is 750 g/mol. The molecule has 0 radical (unpaired) electrons. The van der Waals surface area contributed by atoms with Crippen LogP contribution in [0.1, 0.15) is 53.4 Å². The summed E-state index contributed by atoms with van der Waals surface area (Å²) >= 11 is 1.45. The molecule has 6 amide bonds. The number of likely N-dealkylation sites (tertiary alicyclic amines) is 2. The molecule has 0 unspecified atom stereocenters. The number of carbonyl (C=O) groups excluding carboxylic acids is 6. The van der Waals surface area contributed by atoms with Gasteiger partial charge in [-0.1, -0.05) is 27.7 Å². The number of benzene rings is 2. The number of amides is 6. The quantitative estimate of drug-likeness (QED) is 0.218. The first-order valence-corrected chi connectivity index (χ1v) is 18.6. The number of rotatable bonds is 11. The van der Waals surface area contributed by atoms with Crippen LogP contribution in [-0.4, -0.2) is 102 Å². The smallest absolute Gasteiger partial charge is 0.407 e. The van der Waals surface area contributed by atoms with Gasteiger partial charge in [-0.25, -0.2) is 14.6 Å². The molecule has 2 aliphatic rings. The van der Waals surface area contributed by atoms with E-state index in [2.05, 4.69) is 30.7 Å². The SMILES string of the molecule is COC(=O)N[C@H](C(=O)N1CCC[C@H]1C(=O)Nc1ccc(-c2nc3ccc(NC(=O)[C@@H]4CCCN4C(=O)[C@@H](NC(=O)OC)C(C)C)cc3s2)cc1)C(C)C. The zero-order valence-corrected chi connectivity index (χ0v) is 31.6. The molecule has 3 aromatic rings. The fourth-order valence-corrected chi connectivity index (χ4v) is 7.65. The van der Waals surface area contributed by atoms with Crippen molar-refractivity contribution in [1.29, 1.82) is 0 Å². The third-order valence-corrected chi connectivity index (χ3v) is 10.6. The maximum Gasteiger partial charge on any atom is 0.407 e. The van der Waals surface area contributed by atoms with Crippen LogP contribution >= 0.6 is 11.3 Å². The molecule has 53 heavy (non-hydrogen) atoms. The van der Waals surface area contributed by atoms with Crippen molar-refractivity contribution < 1.29 is 38.2 Å². The Morgan fingerprint density at radius 1 is 0.717 bits per heavy atom. The summed E-state index contributed by atoms with van der Waals surface area (Å²) in [4.78, 5) is 85.0. The largest absolute Gasteiger partial charge is 0.453 e. The van der Waals surface area contributed by atoms with Crippen LogP contribution in [0.15, 0.2) is 42.5 Å². The van der Waals surface area contributed by atoms with Gasteiger partial charge in [-0.3, -0.25) is 19.2 Å². The summed E-state index contributed by atoms with van der Waals surface area (Å²) in [5, 5.41) is 11.8. The number of alkyl carbamates (subject to hydrolysis) is 2. The van der Waals surface area contributed by atoms with Gasteiger partial charge in [0, 0.05) is 30.0 Å². The number of thiazole rings is 1. The minimum absolute atomic E-state index is 0.201. The number of carbonyl (C=O) groups is 6. The number of anilines is 2. The molecule has 0 saturated carbocycles. The number of hydrogen-bond donors (Lipinski definition) is 4. The summed E-state index contributed by atoms with van der Waals surface area (Å²) < 4.78 is 10.2. The molecule has 1 aromatic heterocycles. The van der Waals surface area contributed by atoms with E-state index in [1.165, 1.54) is 35.4 Å². The fraction of sp³-hybridized carbons (Fsp3) is 0.486. The predicted molar refractivity (Wildman–Crippen MR) is 200 cm³/mol. The lowest BCUT2D eigenvalue weighted by molar-refractivity contribution is -0.139. The zero-order chi connectivity index (χ0) is 38.4. The molecule has 0 aliphatic carbocycles. The summed E-state index contributed by atoms with van der Waals surface area (Å²) in [5.41, 5.74) is 2.72. The van der Waals surface area contributed by atoms with E-state index in [0.29, 0.717) is 50.1 Å². The molecule has 284 valence electrons. The van der Waals surface area contributed by atoms with Crippen LogP contribution in [0.5, 0.6) is 0 Å². The highest BCUT2D eigenvalue weighted by molar-refractivity contribution is 7.21. The van der Waals surface area contributed by atoms with Gasteiger partial charge in [-0.05, 0) is 80.0 Å². The van der Waals surface area contributed by atoms with Crippen LogP contribution in [0, 0.1) is 11.8 Å². The summed E-state index contributed by atoms with van der Waals surface area (Å²) in [6.45, 7) is 8.11. The molecule has 16 heteroatoms. The number of methoxy groups -OCH3 is 2. The summed E-state index contributed by atoms with van der Waals surface area (Å²) in [6, 6.07) is 9.74. The van der Waals surface area contributed by atoms with Crippen LogP contribution in [0.25, 0.3) is 20.8 Å². The summed E-state index contributed by atoms with van der Waals surface area (Å²) in [5.74, 6) is -1.66. The van der Waals surface area contributed by atoms with Gasteiger partial charge in [0.25, 0.3) is 0 Å². The maximum atomic E-state index is 13.4. The van der Waals surface area contributed by atoms with Gasteiger partial charge in [0.15, 0.2) is 0 Å². The standard InChI is InChI=1S/C37H47N7O8S/c1-20(2)29(41-36(49)51-5)34(47)43-17-7-9-26(43)31(45)38-23-13-11-22(12-14-23)33-40-25-16-15-24(19-28(25)53-33)39-32(46)27-10-8-18-44(27)35(48)30(21(3)4)42-37(50)52-6/h11-16,19-21,26-27,29-30H,7-10,17-18H2,1-6H3,(H,38,45)(H,39,46)(H,41,49)(H,42,50)/t26-,27-,29-,30-/m0/s1. The van der Waals surface area contributed by atoms with Gasteiger partial charge in [-0.15, -0.1) is 11.3 Å². The minimum Gasteiger partial charge on any atom is -0.453 e. The zero-order valence-electron chi connectivity index (χ0n) is 30.8. The van der Waals surface area contributed by atoms with Crippen LogP contribution in [0.4, 0.5) is 21.0 Å². The van der Waals surface area contributed by atoms with Gasteiger partial charge in [0.05, 0.1) is 24.4 Å². The fourth-order valence-electron chi connectivity index (χ4n) is 6.64. The van der Waals surface area contributed by atoms with Crippen molar-refractivity contribution in [3.63, 3.8) is 0 Å². The van der Waals surface area contributed by atoms with E-state index < -0.39 is 36.4 Å². The van der Waals surface area contributed by atoms with E-state index in [1.807, 2.05) is 52.0 Å². The Bertz CT molecular complexity index is 1850. The first-order valence-electron chi connectivity index (χ1n) is 17.7. The topological polar surface area (TPSA) is 188 Å². The number of fused-ring (bicyclic) bond motifs is 1. The Hall–Kier alpha value is -5.25. The third-order valence-electron chi connectivity index (χ3n) is 9.52. The molecule has 3 heterocycles. The van der Waals surface area contributed by atoms with Crippen molar-refractivity contribution in [2.75, 3.05) is 37.9 Å². The van der Waals surface area contributed by atoms with Crippen molar-refractivity contribution in [2.24, 2.45) is 11.8 Å². The van der Waals surface area contributed by atoms with Crippen molar-refractivity contribution >= 4 is 68.7 Å². The molecule has 2 fully saturated rings. The molecule has 15 nitrogen and oxygen atoms in total. The van der Waals surface area contributed by atoms with Gasteiger partial charge in [0.2, 0.25) is 23.6 Å². The van der Waals surface area contributed by atoms with E-state index in [1.54, 1.807) is 18.2 Å². The van der Waals surface area contributed by atoms with Gasteiger partial charge < -0.3 is 40.5 Å². The Morgan fingerprint density at radius 2 is 1.19 bits per heavy atom. The van der Waals surface area contributed by atoms with Crippen molar-refractivity contribution in [2.45, 2.75) is 77.5 Å². The third kappa shape index (κ3) is 9.04. The van der Waals surface area contributed by atoms with Gasteiger partial charge >= 0.3 is 12.2 Å². The molecule has 5 rings (SSSR count). The van der Waals surface area contributed by atoms with E-state index in [-0.39, 0.29) is 35.5 Å². The van der Waals surface area contributed by atoms with Crippen LogP contribution < -0.4 is 21.3 Å². The van der Waals surface area contributed by atoms with E-state index >= 15 is 0 Å². The molecule has 0 bridgehead atoms. The second-order valence-electron chi connectivity index (χ2n) is 13.9. The number of nitrogens with one attached hydrogen (secondary N) is 4. The van der Waals surface area contributed by atoms with Gasteiger partial charge in [-0.2, -0.15) is 0 Å². The average Bonchev–Trinajstić information content (AvgIpc) is 3.92.